The Morgan fingerprint density at radius 3 is 1.79 bits per heavy atom. The summed E-state index contributed by atoms with van der Waals surface area (Å²) in [5.41, 5.74) is 2.72. The summed E-state index contributed by atoms with van der Waals surface area (Å²) in [4.78, 5) is 11.9. The van der Waals surface area contributed by atoms with Crippen molar-refractivity contribution in [1.82, 2.24) is 0 Å². The molecule has 140 valence electrons. The average molecular weight is 337 g/mol. The second-order valence-corrected chi connectivity index (χ2v) is 8.27. The maximum atomic E-state index is 11.9. The molecule has 0 saturated carbocycles. The summed E-state index contributed by atoms with van der Waals surface area (Å²) < 4.78 is 0. The quantitative estimate of drug-likeness (QED) is 0.397. The number of carbonyl (C=O) groups is 1. The standard InChI is InChI=1S/C22H40O2/c1-19-20(22(2,3)17-16-21(19)24)15-13-11-9-7-5-4-6-8-10-12-14-18-23/h23H,4-18H2,1-3H3. The molecule has 0 spiro atoms. The molecule has 0 unspecified atom stereocenters. The lowest BCUT2D eigenvalue weighted by Crippen LogP contribution is -2.25. The second kappa shape index (κ2) is 11.8. The van der Waals surface area contributed by atoms with Gasteiger partial charge in [-0.05, 0) is 43.6 Å². The Labute approximate surface area is 150 Å². The fourth-order valence-electron chi connectivity index (χ4n) is 3.97. The molecular weight excluding hydrogens is 296 g/mol. The molecule has 0 saturated heterocycles. The number of ketones is 1. The third-order valence-electron chi connectivity index (χ3n) is 5.75. The van der Waals surface area contributed by atoms with Crippen LogP contribution in [0.1, 0.15) is 111 Å². The van der Waals surface area contributed by atoms with Crippen molar-refractivity contribution in [1.29, 1.82) is 0 Å². The summed E-state index contributed by atoms with van der Waals surface area (Å²) in [5.74, 6) is 0.378. The van der Waals surface area contributed by atoms with E-state index in [1.807, 2.05) is 6.92 Å². The number of Topliss-reactive ketones (excluding diaryl/α,β-unsaturated/α-hetero) is 1. The van der Waals surface area contributed by atoms with Gasteiger partial charge in [0.1, 0.15) is 0 Å². The van der Waals surface area contributed by atoms with Crippen LogP contribution in [0, 0.1) is 5.41 Å². The normalized spacial score (nSPS) is 17.6. The molecule has 0 heterocycles. The predicted molar refractivity (Wildman–Crippen MR) is 103 cm³/mol. The minimum absolute atomic E-state index is 0.230. The zero-order valence-electron chi connectivity index (χ0n) is 16.5. The number of rotatable bonds is 13. The molecule has 1 N–H and O–H groups in total. The van der Waals surface area contributed by atoms with Crippen LogP contribution < -0.4 is 0 Å². The van der Waals surface area contributed by atoms with E-state index in [0.717, 1.165) is 31.3 Å². The van der Waals surface area contributed by atoms with Gasteiger partial charge in [-0.25, -0.2) is 0 Å². The Bertz CT molecular complexity index is 393. The van der Waals surface area contributed by atoms with Gasteiger partial charge >= 0.3 is 0 Å². The van der Waals surface area contributed by atoms with Crippen molar-refractivity contribution in [3.8, 4) is 0 Å². The van der Waals surface area contributed by atoms with Crippen molar-refractivity contribution in [3.05, 3.63) is 11.1 Å². The van der Waals surface area contributed by atoms with Gasteiger partial charge in [0.15, 0.2) is 5.78 Å². The number of allylic oxidation sites excluding steroid dienone is 2. The zero-order valence-corrected chi connectivity index (χ0v) is 16.5. The van der Waals surface area contributed by atoms with E-state index >= 15 is 0 Å². The molecule has 0 aromatic heterocycles. The lowest BCUT2D eigenvalue weighted by atomic mass is 9.70. The van der Waals surface area contributed by atoms with Gasteiger partial charge in [0, 0.05) is 13.0 Å². The molecule has 1 aliphatic carbocycles. The molecule has 1 aliphatic rings. The highest BCUT2D eigenvalue weighted by Crippen LogP contribution is 2.41. The molecule has 0 fully saturated rings. The summed E-state index contributed by atoms with van der Waals surface area (Å²) in [6.45, 7) is 7.00. The molecule has 0 bridgehead atoms. The van der Waals surface area contributed by atoms with Crippen molar-refractivity contribution < 1.29 is 9.90 Å². The summed E-state index contributed by atoms with van der Waals surface area (Å²) in [6.07, 6.45) is 17.0. The molecule has 0 radical (unpaired) electrons. The van der Waals surface area contributed by atoms with Gasteiger partial charge in [0.25, 0.3) is 0 Å². The first-order chi connectivity index (χ1) is 11.5. The monoisotopic (exact) mass is 336 g/mol. The van der Waals surface area contributed by atoms with Crippen molar-refractivity contribution in [3.63, 3.8) is 0 Å². The largest absolute Gasteiger partial charge is 0.396 e. The Hall–Kier alpha value is -0.630. The van der Waals surface area contributed by atoms with E-state index in [4.69, 9.17) is 5.11 Å². The van der Waals surface area contributed by atoms with Crippen LogP contribution in [0.15, 0.2) is 11.1 Å². The molecule has 1 rings (SSSR count). The minimum Gasteiger partial charge on any atom is -0.396 e. The summed E-state index contributed by atoms with van der Waals surface area (Å²) >= 11 is 0. The first-order valence-electron chi connectivity index (χ1n) is 10.3. The lowest BCUT2D eigenvalue weighted by molar-refractivity contribution is -0.116. The Kier molecular flexibility index (Phi) is 10.6. The van der Waals surface area contributed by atoms with Crippen LogP contribution in [0.2, 0.25) is 0 Å². The maximum Gasteiger partial charge on any atom is 0.158 e. The Morgan fingerprint density at radius 2 is 1.29 bits per heavy atom. The summed E-state index contributed by atoms with van der Waals surface area (Å²) in [5, 5.41) is 8.73. The average Bonchev–Trinajstić information content (AvgIpc) is 2.55. The molecule has 24 heavy (non-hydrogen) atoms. The first kappa shape index (κ1) is 21.4. The molecule has 0 amide bonds. The van der Waals surface area contributed by atoms with E-state index in [1.54, 1.807) is 0 Å². The van der Waals surface area contributed by atoms with E-state index < -0.39 is 0 Å². The van der Waals surface area contributed by atoms with Gasteiger partial charge in [0.05, 0.1) is 0 Å². The lowest BCUT2D eigenvalue weighted by Gasteiger charge is -2.34. The highest BCUT2D eigenvalue weighted by atomic mass is 16.2. The van der Waals surface area contributed by atoms with Gasteiger partial charge in [0.2, 0.25) is 0 Å². The molecule has 0 aromatic carbocycles. The van der Waals surface area contributed by atoms with Crippen LogP contribution in [-0.4, -0.2) is 17.5 Å². The molecule has 0 atom stereocenters. The van der Waals surface area contributed by atoms with Gasteiger partial charge in [-0.1, -0.05) is 77.2 Å². The molecule has 2 nitrogen and oxygen atoms in total. The van der Waals surface area contributed by atoms with Crippen LogP contribution in [0.25, 0.3) is 0 Å². The molecular formula is C22H40O2. The van der Waals surface area contributed by atoms with E-state index in [0.29, 0.717) is 12.4 Å². The van der Waals surface area contributed by atoms with Crippen LogP contribution in [0.4, 0.5) is 0 Å². The number of unbranched alkanes of at least 4 members (excludes halogenated alkanes) is 10. The summed E-state index contributed by atoms with van der Waals surface area (Å²) in [7, 11) is 0. The van der Waals surface area contributed by atoms with Crippen molar-refractivity contribution in [2.45, 2.75) is 111 Å². The summed E-state index contributed by atoms with van der Waals surface area (Å²) in [6, 6.07) is 0. The SMILES string of the molecule is CC1=C(CCCCCCCCCCCCCO)C(C)(C)CCC1=O. The highest BCUT2D eigenvalue weighted by molar-refractivity contribution is 5.96. The van der Waals surface area contributed by atoms with Gasteiger partial charge < -0.3 is 5.11 Å². The zero-order chi connectivity index (χ0) is 17.8. The van der Waals surface area contributed by atoms with Crippen LogP contribution >= 0.6 is 0 Å². The van der Waals surface area contributed by atoms with Crippen molar-refractivity contribution >= 4 is 5.78 Å². The fraction of sp³-hybridized carbons (Fsp3) is 0.864. The van der Waals surface area contributed by atoms with Crippen molar-refractivity contribution in [2.24, 2.45) is 5.41 Å². The van der Waals surface area contributed by atoms with Gasteiger partial charge in [-0.2, -0.15) is 0 Å². The number of hydrogen-bond donors (Lipinski definition) is 1. The first-order valence-corrected chi connectivity index (χ1v) is 10.3. The van der Waals surface area contributed by atoms with Gasteiger partial charge in [-0.3, -0.25) is 4.79 Å². The van der Waals surface area contributed by atoms with Gasteiger partial charge in [-0.15, -0.1) is 0 Å². The van der Waals surface area contributed by atoms with Crippen molar-refractivity contribution in [2.75, 3.05) is 6.61 Å². The Morgan fingerprint density at radius 1 is 0.833 bits per heavy atom. The molecule has 0 aromatic rings. The number of aliphatic hydroxyl groups excluding tert-OH is 1. The van der Waals surface area contributed by atoms with E-state index in [-0.39, 0.29) is 5.41 Å². The smallest absolute Gasteiger partial charge is 0.158 e. The third-order valence-corrected chi connectivity index (χ3v) is 5.75. The maximum absolute atomic E-state index is 11.9. The minimum atomic E-state index is 0.230. The number of hydrogen-bond acceptors (Lipinski definition) is 2. The number of carbonyl (C=O) groups excluding carboxylic acids is 1. The predicted octanol–water partition coefficient (Wildman–Crippen LogP) is 6.37. The van der Waals surface area contributed by atoms with Crippen LogP contribution in [0.3, 0.4) is 0 Å². The highest BCUT2D eigenvalue weighted by Gasteiger charge is 2.31. The molecule has 2 heteroatoms. The fourth-order valence-corrected chi connectivity index (χ4v) is 3.97. The Balaban J connectivity index is 2.04. The van der Waals surface area contributed by atoms with E-state index in [1.165, 1.54) is 69.8 Å². The van der Waals surface area contributed by atoms with Crippen LogP contribution in [0.5, 0.6) is 0 Å². The topological polar surface area (TPSA) is 37.3 Å². The molecule has 0 aliphatic heterocycles. The van der Waals surface area contributed by atoms with E-state index in [2.05, 4.69) is 13.8 Å². The van der Waals surface area contributed by atoms with E-state index in [9.17, 15) is 4.79 Å². The second-order valence-electron chi connectivity index (χ2n) is 8.27. The van der Waals surface area contributed by atoms with Crippen LogP contribution in [-0.2, 0) is 4.79 Å². The third kappa shape index (κ3) is 7.96. The number of aliphatic hydroxyl groups is 1.